The number of fused-ring (bicyclic) bond motifs is 3. The molecule has 20 heavy (non-hydrogen) atoms. The Bertz CT molecular complexity index is 706. The molecule has 1 nitrogen and oxygen atoms in total. The highest BCUT2D eigenvalue weighted by atomic mass is 79.9. The first-order valence-corrected chi connectivity index (χ1v) is 9.19. The molecule has 0 saturated heterocycles. The van der Waals surface area contributed by atoms with Gasteiger partial charge in [0.25, 0.3) is 0 Å². The van der Waals surface area contributed by atoms with Crippen molar-refractivity contribution in [3.05, 3.63) is 54.6 Å². The zero-order chi connectivity index (χ0) is 13.9. The van der Waals surface area contributed by atoms with E-state index in [4.69, 9.17) is 0 Å². The summed E-state index contributed by atoms with van der Waals surface area (Å²) in [5, 5.41) is 1.98. The first-order valence-electron chi connectivity index (χ1n) is 6.73. The van der Waals surface area contributed by atoms with Crippen LogP contribution in [-0.2, 0) is 6.42 Å². The fraction of sp³-hybridized carbons (Fsp3) is 0.312. The first-order chi connectivity index (χ1) is 9.68. The summed E-state index contributed by atoms with van der Waals surface area (Å²) in [4.78, 5) is 13.6. The quantitative estimate of drug-likeness (QED) is 0.602. The van der Waals surface area contributed by atoms with E-state index in [1.807, 2.05) is 5.38 Å². The molecule has 0 radical (unpaired) electrons. The van der Waals surface area contributed by atoms with Crippen LogP contribution >= 0.6 is 43.2 Å². The molecule has 4 heteroatoms. The predicted octanol–water partition coefficient (Wildman–Crippen LogP) is 5.43. The Kier molecular flexibility index (Phi) is 3.17. The molecule has 2 aliphatic rings. The number of ketones is 1. The Balaban J connectivity index is 1.67. The summed E-state index contributed by atoms with van der Waals surface area (Å²) in [6.07, 6.45) is 2.28. The van der Waals surface area contributed by atoms with Crippen molar-refractivity contribution in [1.29, 1.82) is 0 Å². The van der Waals surface area contributed by atoms with Crippen molar-refractivity contribution < 1.29 is 4.79 Å². The van der Waals surface area contributed by atoms with Crippen molar-refractivity contribution in [3.63, 3.8) is 0 Å². The van der Waals surface area contributed by atoms with Gasteiger partial charge in [0, 0.05) is 15.8 Å². The lowest BCUT2D eigenvalue weighted by Gasteiger charge is -2.13. The molecule has 0 amide bonds. The average molecular weight is 412 g/mol. The normalized spacial score (nSPS) is 26.8. The molecule has 0 aliphatic heterocycles. The molecule has 1 aromatic heterocycles. The van der Waals surface area contributed by atoms with Crippen LogP contribution in [0.4, 0.5) is 0 Å². The van der Waals surface area contributed by atoms with Gasteiger partial charge in [-0.05, 0) is 67.7 Å². The molecular formula is C16H12Br2OS. The lowest BCUT2D eigenvalue weighted by molar-refractivity contribution is 0.0962. The van der Waals surface area contributed by atoms with E-state index < -0.39 is 0 Å². The second-order valence-corrected chi connectivity index (χ2v) is 8.07. The van der Waals surface area contributed by atoms with Crippen molar-refractivity contribution in [2.45, 2.75) is 18.8 Å². The zero-order valence-electron chi connectivity index (χ0n) is 10.6. The van der Waals surface area contributed by atoms with Gasteiger partial charge in [-0.1, -0.05) is 24.3 Å². The van der Waals surface area contributed by atoms with Gasteiger partial charge in [0.1, 0.15) is 0 Å². The highest BCUT2D eigenvalue weighted by Gasteiger charge is 2.57. The number of hydrogen-bond donors (Lipinski definition) is 0. The minimum atomic E-state index is 0.195. The number of halogens is 2. The Morgan fingerprint density at radius 2 is 2.05 bits per heavy atom. The largest absolute Gasteiger partial charge is 0.293 e. The summed E-state index contributed by atoms with van der Waals surface area (Å²) >= 11 is 8.52. The van der Waals surface area contributed by atoms with E-state index >= 15 is 0 Å². The molecule has 3 unspecified atom stereocenters. The van der Waals surface area contributed by atoms with Crippen LogP contribution in [0, 0.1) is 11.8 Å². The Labute approximate surface area is 138 Å². The van der Waals surface area contributed by atoms with E-state index in [-0.39, 0.29) is 5.92 Å². The Morgan fingerprint density at radius 3 is 2.80 bits per heavy atom. The minimum absolute atomic E-state index is 0.195. The van der Waals surface area contributed by atoms with E-state index in [2.05, 4.69) is 56.1 Å². The SMILES string of the molecule is O=C(c1scc(Br)c1Br)C1C2CCc3ccccc3C21. The smallest absolute Gasteiger partial charge is 0.177 e. The van der Waals surface area contributed by atoms with Gasteiger partial charge in [-0.25, -0.2) is 0 Å². The third-order valence-electron chi connectivity index (χ3n) is 4.55. The molecule has 0 spiro atoms. The van der Waals surface area contributed by atoms with Crippen LogP contribution in [-0.4, -0.2) is 5.78 Å². The van der Waals surface area contributed by atoms with E-state index in [0.29, 0.717) is 17.6 Å². The highest BCUT2D eigenvalue weighted by Crippen LogP contribution is 2.61. The maximum absolute atomic E-state index is 12.8. The van der Waals surface area contributed by atoms with Gasteiger partial charge in [-0.15, -0.1) is 11.3 Å². The summed E-state index contributed by atoms with van der Waals surface area (Å²) in [5.74, 6) is 1.53. The molecule has 4 rings (SSSR count). The average Bonchev–Trinajstić information content (AvgIpc) is 3.13. The van der Waals surface area contributed by atoms with Crippen LogP contribution in [0.5, 0.6) is 0 Å². The number of hydrogen-bond acceptors (Lipinski definition) is 2. The van der Waals surface area contributed by atoms with Crippen LogP contribution in [0.2, 0.25) is 0 Å². The van der Waals surface area contributed by atoms with Crippen LogP contribution in [0.15, 0.2) is 38.6 Å². The molecule has 1 aromatic carbocycles. The standard InChI is InChI=1S/C16H12Br2OS/c17-11-7-20-16(14(11)18)15(19)13-10-6-5-8-3-1-2-4-9(8)12(10)13/h1-4,7,10,12-13H,5-6H2. The maximum Gasteiger partial charge on any atom is 0.177 e. The molecular weight excluding hydrogens is 400 g/mol. The van der Waals surface area contributed by atoms with Gasteiger partial charge in [0.15, 0.2) is 5.78 Å². The van der Waals surface area contributed by atoms with Gasteiger partial charge < -0.3 is 0 Å². The number of benzene rings is 1. The molecule has 102 valence electrons. The predicted molar refractivity (Wildman–Crippen MR) is 88.5 cm³/mol. The second kappa shape index (κ2) is 4.79. The van der Waals surface area contributed by atoms with Gasteiger partial charge in [-0.3, -0.25) is 4.79 Å². The van der Waals surface area contributed by atoms with E-state index in [1.54, 1.807) is 0 Å². The topological polar surface area (TPSA) is 17.1 Å². The number of rotatable bonds is 2. The fourth-order valence-electron chi connectivity index (χ4n) is 3.56. The summed E-state index contributed by atoms with van der Waals surface area (Å²) in [7, 11) is 0. The number of aryl methyl sites for hydroxylation is 1. The van der Waals surface area contributed by atoms with Gasteiger partial charge in [-0.2, -0.15) is 0 Å². The van der Waals surface area contributed by atoms with Crippen LogP contribution in [0.1, 0.15) is 33.1 Å². The lowest BCUT2D eigenvalue weighted by atomic mass is 9.92. The van der Waals surface area contributed by atoms with Crippen molar-refractivity contribution >= 4 is 49.0 Å². The van der Waals surface area contributed by atoms with Crippen molar-refractivity contribution in [2.75, 3.05) is 0 Å². The monoisotopic (exact) mass is 410 g/mol. The molecule has 0 bridgehead atoms. The third-order valence-corrected chi connectivity index (χ3v) is 8.09. The molecule has 2 aromatic rings. The summed E-state index contributed by atoms with van der Waals surface area (Å²) in [6.45, 7) is 0. The van der Waals surface area contributed by atoms with E-state index in [0.717, 1.165) is 26.7 Å². The van der Waals surface area contributed by atoms with Crippen LogP contribution < -0.4 is 0 Å². The number of Topliss-reactive ketones (excluding diaryl/α,β-unsaturated/α-hetero) is 1. The molecule has 3 atom stereocenters. The molecule has 1 saturated carbocycles. The molecule has 1 fully saturated rings. The van der Waals surface area contributed by atoms with Gasteiger partial charge >= 0.3 is 0 Å². The van der Waals surface area contributed by atoms with Crippen molar-refractivity contribution in [3.8, 4) is 0 Å². The lowest BCUT2D eigenvalue weighted by Crippen LogP contribution is -2.02. The van der Waals surface area contributed by atoms with Crippen molar-refractivity contribution in [1.82, 2.24) is 0 Å². The molecule has 1 heterocycles. The summed E-state index contributed by atoms with van der Waals surface area (Å²) in [6, 6.07) is 8.62. The van der Waals surface area contributed by atoms with Crippen molar-refractivity contribution in [2.24, 2.45) is 11.8 Å². The Hall–Kier alpha value is -0.450. The number of carbonyl (C=O) groups is 1. The summed E-state index contributed by atoms with van der Waals surface area (Å²) in [5.41, 5.74) is 2.85. The highest BCUT2D eigenvalue weighted by molar-refractivity contribution is 9.13. The Morgan fingerprint density at radius 1 is 1.25 bits per heavy atom. The fourth-order valence-corrected chi connectivity index (χ4v) is 5.72. The molecule has 2 aliphatic carbocycles. The molecule has 0 N–H and O–H groups in total. The zero-order valence-corrected chi connectivity index (χ0v) is 14.6. The minimum Gasteiger partial charge on any atom is -0.293 e. The van der Waals surface area contributed by atoms with Gasteiger partial charge in [0.2, 0.25) is 0 Å². The van der Waals surface area contributed by atoms with Crippen LogP contribution in [0.3, 0.4) is 0 Å². The third kappa shape index (κ3) is 1.88. The first kappa shape index (κ1) is 13.2. The summed E-state index contributed by atoms with van der Waals surface area (Å²) < 4.78 is 1.90. The second-order valence-electron chi connectivity index (χ2n) is 5.54. The number of thiophene rings is 1. The van der Waals surface area contributed by atoms with E-state index in [1.165, 1.54) is 22.5 Å². The van der Waals surface area contributed by atoms with Gasteiger partial charge in [0.05, 0.1) is 9.35 Å². The van der Waals surface area contributed by atoms with Crippen LogP contribution in [0.25, 0.3) is 0 Å². The maximum atomic E-state index is 12.8. The number of carbonyl (C=O) groups excluding carboxylic acids is 1. The van der Waals surface area contributed by atoms with E-state index in [9.17, 15) is 4.79 Å².